The highest BCUT2D eigenvalue weighted by atomic mass is 16.6. The number of hydrogen-bond acceptors (Lipinski definition) is 5. The highest BCUT2D eigenvalue weighted by molar-refractivity contribution is 6.00. The third-order valence-electron chi connectivity index (χ3n) is 7.64. The van der Waals surface area contributed by atoms with E-state index in [2.05, 4.69) is 17.6 Å². The summed E-state index contributed by atoms with van der Waals surface area (Å²) in [5, 5.41) is 7.72. The lowest BCUT2D eigenvalue weighted by Gasteiger charge is -2.43. The van der Waals surface area contributed by atoms with Crippen LogP contribution in [0.1, 0.15) is 77.0 Å². The molecule has 4 amide bonds. The standard InChI is InChI=1S/C34H42N4O5/c1-5-22-13-15-24(16-14-22)30(31(40)36-26-18-17-23-9-6-7-10-25(23)21-26)38(27-11-8-12-27)32(41)28(19-20-29(35)39)37-33(42)43-34(2,3)4/h6-7,9-10,13-18,21,27-28,30H,5,8,11-12,19-20H2,1-4H3,(H2,35,39)(H,36,40)(H,37,42). The van der Waals surface area contributed by atoms with Crippen LogP contribution in [0.2, 0.25) is 0 Å². The van der Waals surface area contributed by atoms with Gasteiger partial charge in [0.05, 0.1) is 0 Å². The van der Waals surface area contributed by atoms with Crippen LogP contribution >= 0.6 is 0 Å². The molecule has 1 aliphatic rings. The number of carbonyl (C=O) groups is 4. The van der Waals surface area contributed by atoms with Gasteiger partial charge < -0.3 is 26.0 Å². The van der Waals surface area contributed by atoms with E-state index in [1.807, 2.05) is 66.7 Å². The summed E-state index contributed by atoms with van der Waals surface area (Å²) in [5.41, 5.74) is 7.00. The smallest absolute Gasteiger partial charge is 0.408 e. The zero-order chi connectivity index (χ0) is 31.1. The maximum Gasteiger partial charge on any atom is 0.408 e. The molecular formula is C34H42N4O5. The summed E-state index contributed by atoms with van der Waals surface area (Å²) in [6, 6.07) is 18.9. The van der Waals surface area contributed by atoms with Crippen LogP contribution in [0.25, 0.3) is 10.8 Å². The third-order valence-corrected chi connectivity index (χ3v) is 7.64. The van der Waals surface area contributed by atoms with E-state index >= 15 is 0 Å². The van der Waals surface area contributed by atoms with Gasteiger partial charge in [-0.25, -0.2) is 4.79 Å². The quantitative estimate of drug-likeness (QED) is 0.268. The summed E-state index contributed by atoms with van der Waals surface area (Å²) in [5.74, 6) is -1.43. The Morgan fingerprint density at radius 1 is 0.977 bits per heavy atom. The monoisotopic (exact) mass is 586 g/mol. The Morgan fingerprint density at radius 3 is 2.23 bits per heavy atom. The maximum absolute atomic E-state index is 14.4. The number of nitrogens with one attached hydrogen (secondary N) is 2. The van der Waals surface area contributed by atoms with E-state index < -0.39 is 35.6 Å². The van der Waals surface area contributed by atoms with Crippen LogP contribution < -0.4 is 16.4 Å². The Bertz CT molecular complexity index is 1460. The van der Waals surface area contributed by atoms with E-state index in [0.717, 1.165) is 29.2 Å². The van der Waals surface area contributed by atoms with E-state index in [1.54, 1.807) is 25.7 Å². The zero-order valence-corrected chi connectivity index (χ0v) is 25.4. The number of fused-ring (bicyclic) bond motifs is 1. The number of carbonyl (C=O) groups excluding carboxylic acids is 4. The van der Waals surface area contributed by atoms with Crippen LogP contribution in [-0.2, 0) is 25.5 Å². The molecule has 228 valence electrons. The highest BCUT2D eigenvalue weighted by Gasteiger charge is 2.42. The average molecular weight is 587 g/mol. The van der Waals surface area contributed by atoms with Crippen LogP contribution in [0.4, 0.5) is 10.5 Å². The minimum absolute atomic E-state index is 0.0234. The van der Waals surface area contributed by atoms with Crippen molar-refractivity contribution in [2.45, 2.75) is 89.9 Å². The largest absolute Gasteiger partial charge is 0.444 e. The molecule has 9 nitrogen and oxygen atoms in total. The second kappa shape index (κ2) is 13.7. The molecule has 9 heteroatoms. The van der Waals surface area contributed by atoms with Crippen LogP contribution in [-0.4, -0.2) is 46.4 Å². The van der Waals surface area contributed by atoms with Gasteiger partial charge in [-0.3, -0.25) is 14.4 Å². The number of nitrogens with two attached hydrogens (primary N) is 1. The first-order chi connectivity index (χ1) is 20.4. The van der Waals surface area contributed by atoms with Crippen molar-refractivity contribution < 1.29 is 23.9 Å². The van der Waals surface area contributed by atoms with Crippen molar-refractivity contribution in [1.29, 1.82) is 0 Å². The van der Waals surface area contributed by atoms with Crippen molar-refractivity contribution in [2.75, 3.05) is 5.32 Å². The minimum Gasteiger partial charge on any atom is -0.444 e. The van der Waals surface area contributed by atoms with Crippen molar-refractivity contribution in [3.63, 3.8) is 0 Å². The summed E-state index contributed by atoms with van der Waals surface area (Å²) in [4.78, 5) is 54.7. The molecule has 1 fully saturated rings. The average Bonchev–Trinajstić information content (AvgIpc) is 2.92. The molecule has 4 rings (SSSR count). The molecule has 0 spiro atoms. The van der Waals surface area contributed by atoms with Crippen LogP contribution in [0.15, 0.2) is 66.7 Å². The second-order valence-corrected chi connectivity index (χ2v) is 12.1. The Balaban J connectivity index is 1.72. The van der Waals surface area contributed by atoms with Crippen molar-refractivity contribution in [3.05, 3.63) is 77.9 Å². The molecule has 0 aromatic heterocycles. The number of ether oxygens (including phenoxy) is 1. The molecule has 4 N–H and O–H groups in total. The van der Waals surface area contributed by atoms with Gasteiger partial charge in [-0.05, 0) is 86.9 Å². The van der Waals surface area contributed by atoms with Gasteiger partial charge in [-0.2, -0.15) is 0 Å². The van der Waals surface area contributed by atoms with Gasteiger partial charge in [0.2, 0.25) is 11.8 Å². The topological polar surface area (TPSA) is 131 Å². The van der Waals surface area contributed by atoms with Crippen molar-refractivity contribution in [2.24, 2.45) is 5.73 Å². The number of aryl methyl sites for hydroxylation is 1. The molecule has 0 aliphatic heterocycles. The van der Waals surface area contributed by atoms with E-state index in [4.69, 9.17) is 10.5 Å². The molecule has 0 saturated heterocycles. The summed E-state index contributed by atoms with van der Waals surface area (Å²) in [7, 11) is 0. The lowest BCUT2D eigenvalue weighted by Crippen LogP contribution is -2.57. The first-order valence-electron chi connectivity index (χ1n) is 14.9. The van der Waals surface area contributed by atoms with Crippen molar-refractivity contribution >= 4 is 40.3 Å². The lowest BCUT2D eigenvalue weighted by atomic mass is 9.87. The van der Waals surface area contributed by atoms with Gasteiger partial charge in [0.1, 0.15) is 17.7 Å². The Hall–Kier alpha value is -4.40. The van der Waals surface area contributed by atoms with E-state index in [-0.39, 0.29) is 24.8 Å². The molecule has 1 saturated carbocycles. The highest BCUT2D eigenvalue weighted by Crippen LogP contribution is 2.35. The predicted molar refractivity (Wildman–Crippen MR) is 167 cm³/mol. The van der Waals surface area contributed by atoms with Gasteiger partial charge in [0.25, 0.3) is 5.91 Å². The number of rotatable bonds is 11. The van der Waals surface area contributed by atoms with Crippen LogP contribution in [0, 0.1) is 0 Å². The van der Waals surface area contributed by atoms with E-state index in [0.29, 0.717) is 24.1 Å². The fourth-order valence-corrected chi connectivity index (χ4v) is 5.21. The van der Waals surface area contributed by atoms with E-state index in [1.165, 1.54) is 0 Å². The Labute approximate surface area is 253 Å². The molecular weight excluding hydrogens is 544 g/mol. The van der Waals surface area contributed by atoms with Gasteiger partial charge in [-0.15, -0.1) is 0 Å². The number of anilines is 1. The summed E-state index contributed by atoms with van der Waals surface area (Å²) < 4.78 is 5.42. The minimum atomic E-state index is -1.12. The summed E-state index contributed by atoms with van der Waals surface area (Å²) in [6.45, 7) is 7.22. The number of primary amides is 1. The van der Waals surface area contributed by atoms with Crippen LogP contribution in [0.3, 0.4) is 0 Å². The molecule has 2 atom stereocenters. The first kappa shape index (κ1) is 31.5. The first-order valence-corrected chi connectivity index (χ1v) is 14.9. The van der Waals surface area contributed by atoms with Gasteiger partial charge in [-0.1, -0.05) is 61.5 Å². The maximum atomic E-state index is 14.4. The molecule has 3 aromatic rings. The zero-order valence-electron chi connectivity index (χ0n) is 25.4. The van der Waals surface area contributed by atoms with Crippen molar-refractivity contribution in [3.8, 4) is 0 Å². The van der Waals surface area contributed by atoms with Gasteiger partial charge in [0, 0.05) is 18.2 Å². The van der Waals surface area contributed by atoms with Gasteiger partial charge in [0.15, 0.2) is 0 Å². The number of hydrogen-bond donors (Lipinski definition) is 3. The Kier molecular flexibility index (Phi) is 10.1. The predicted octanol–water partition coefficient (Wildman–Crippen LogP) is 5.62. The number of amides is 4. The molecule has 3 aromatic carbocycles. The molecule has 43 heavy (non-hydrogen) atoms. The fraction of sp³-hybridized carbons (Fsp3) is 0.412. The number of alkyl carbamates (subject to hydrolysis) is 1. The van der Waals surface area contributed by atoms with Crippen LogP contribution in [0.5, 0.6) is 0 Å². The molecule has 2 unspecified atom stereocenters. The molecule has 1 aliphatic carbocycles. The number of benzene rings is 3. The van der Waals surface area contributed by atoms with Gasteiger partial charge >= 0.3 is 6.09 Å². The third kappa shape index (κ3) is 8.34. The SMILES string of the molecule is CCc1ccc(C(C(=O)Nc2ccc3ccccc3c2)N(C(=O)C(CCC(N)=O)NC(=O)OC(C)(C)C)C2CCC2)cc1. The van der Waals surface area contributed by atoms with Crippen molar-refractivity contribution in [1.82, 2.24) is 10.2 Å². The normalized spacial score (nSPS) is 14.7. The summed E-state index contributed by atoms with van der Waals surface area (Å²) >= 11 is 0. The Morgan fingerprint density at radius 2 is 1.65 bits per heavy atom. The molecule has 0 radical (unpaired) electrons. The molecule has 0 heterocycles. The second-order valence-electron chi connectivity index (χ2n) is 12.1. The number of nitrogens with zero attached hydrogens (tertiary/aromatic N) is 1. The summed E-state index contributed by atoms with van der Waals surface area (Å²) in [6.07, 6.45) is 2.24. The fourth-order valence-electron chi connectivity index (χ4n) is 5.21. The van der Waals surface area contributed by atoms with E-state index in [9.17, 15) is 19.2 Å². The molecule has 0 bridgehead atoms. The lowest BCUT2D eigenvalue weighted by molar-refractivity contribution is -0.146.